The number of nitrogens with zero attached hydrogens (tertiary/aromatic N) is 2. The van der Waals surface area contributed by atoms with Crippen LogP contribution in [-0.2, 0) is 0 Å². The molecule has 0 N–H and O–H groups in total. The van der Waals surface area contributed by atoms with Gasteiger partial charge in [0.2, 0.25) is 0 Å². The summed E-state index contributed by atoms with van der Waals surface area (Å²) in [5.74, 6) is 0. The number of rotatable bonds is 3. The number of benzene rings is 2. The maximum Gasteiger partial charge on any atom is 0.0429 e. The number of hydrogen-bond donors (Lipinski definition) is 0. The van der Waals surface area contributed by atoms with Crippen molar-refractivity contribution < 1.29 is 0 Å². The first-order chi connectivity index (χ1) is 8.60. The van der Waals surface area contributed by atoms with E-state index in [1.807, 2.05) is 50.2 Å². The molecule has 2 nitrogen and oxygen atoms in total. The van der Waals surface area contributed by atoms with Crippen LogP contribution in [0.25, 0.3) is 5.53 Å². The topological polar surface area (TPSA) is 34.7 Å². The lowest BCUT2D eigenvalue weighted by atomic mass is 10.1. The van der Waals surface area contributed by atoms with E-state index < -0.39 is 0 Å². The zero-order valence-corrected chi connectivity index (χ0v) is 11.7. The summed E-state index contributed by atoms with van der Waals surface area (Å²) in [4.78, 5) is 2.29. The summed E-state index contributed by atoms with van der Waals surface area (Å²) in [6.45, 7) is 3.94. The van der Waals surface area contributed by atoms with Gasteiger partial charge in [0.05, 0.1) is 0 Å². The molecule has 92 valence electrons. The molecule has 18 heavy (non-hydrogen) atoms. The molecule has 0 bridgehead atoms. The molecule has 0 unspecified atom stereocenters. The van der Waals surface area contributed by atoms with Crippen LogP contribution in [-0.4, -0.2) is 0 Å². The van der Waals surface area contributed by atoms with Gasteiger partial charge in [0.15, 0.2) is 0 Å². The Morgan fingerprint density at radius 2 is 1.72 bits per heavy atom. The van der Waals surface area contributed by atoms with Crippen LogP contribution in [0.15, 0.2) is 51.3 Å². The van der Waals surface area contributed by atoms with E-state index in [2.05, 4.69) is 5.11 Å². The molecule has 2 rings (SSSR count). The van der Waals surface area contributed by atoms with E-state index in [0.717, 1.165) is 25.9 Å². The van der Waals surface area contributed by atoms with Crippen LogP contribution in [0.4, 0.5) is 5.69 Å². The van der Waals surface area contributed by atoms with Crippen LogP contribution in [0, 0.1) is 13.8 Å². The van der Waals surface area contributed by atoms with Gasteiger partial charge in [-0.25, -0.2) is 0 Å². The van der Waals surface area contributed by atoms with Crippen molar-refractivity contribution >= 4 is 29.1 Å². The number of aryl methyl sites for hydroxylation is 2. The first kappa shape index (κ1) is 13.1. The highest BCUT2D eigenvalue weighted by Crippen LogP contribution is 2.34. The fraction of sp³-hybridized carbons (Fsp3) is 0.143. The van der Waals surface area contributed by atoms with Gasteiger partial charge in [0.1, 0.15) is 0 Å². The maximum atomic E-state index is 8.86. The summed E-state index contributed by atoms with van der Waals surface area (Å²) in [6, 6.07) is 11.7. The highest BCUT2D eigenvalue weighted by Gasteiger charge is 2.04. The van der Waals surface area contributed by atoms with E-state index >= 15 is 0 Å². The minimum absolute atomic E-state index is 0.618. The quantitative estimate of drug-likeness (QED) is 0.656. The molecule has 0 aromatic heterocycles. The molecule has 0 saturated carbocycles. The normalized spacial score (nSPS) is 10.4. The summed E-state index contributed by atoms with van der Waals surface area (Å²) >= 11 is 7.54. The molecular weight excluding hydrogens is 264 g/mol. The van der Waals surface area contributed by atoms with E-state index in [1.54, 1.807) is 11.8 Å². The molecule has 0 aliphatic rings. The summed E-state index contributed by atoms with van der Waals surface area (Å²) in [5.41, 5.74) is 11.5. The van der Waals surface area contributed by atoms with Gasteiger partial charge in [-0.1, -0.05) is 23.4 Å². The zero-order chi connectivity index (χ0) is 13.1. The van der Waals surface area contributed by atoms with Gasteiger partial charge in [0.25, 0.3) is 0 Å². The van der Waals surface area contributed by atoms with E-state index in [9.17, 15) is 0 Å². The van der Waals surface area contributed by atoms with Crippen LogP contribution in [0.3, 0.4) is 0 Å². The third-order valence-electron chi connectivity index (χ3n) is 2.64. The molecule has 0 aliphatic carbocycles. The smallest absolute Gasteiger partial charge is 0.0429 e. The van der Waals surface area contributed by atoms with Crippen molar-refractivity contribution in [3.63, 3.8) is 0 Å². The molecule has 0 amide bonds. The molecule has 4 heteroatoms. The second-order valence-electron chi connectivity index (χ2n) is 4.06. The van der Waals surface area contributed by atoms with Crippen LogP contribution < -0.4 is 0 Å². The highest BCUT2D eigenvalue weighted by molar-refractivity contribution is 7.99. The Morgan fingerprint density at radius 3 is 2.33 bits per heavy atom. The molecule has 2 aromatic carbocycles. The predicted molar refractivity (Wildman–Crippen MR) is 76.9 cm³/mol. The van der Waals surface area contributed by atoms with Crippen molar-refractivity contribution in [1.29, 1.82) is 0 Å². The number of halogens is 1. The number of hydrogen-bond acceptors (Lipinski definition) is 2. The lowest BCUT2D eigenvalue weighted by Crippen LogP contribution is -1.83. The third-order valence-corrected chi connectivity index (χ3v) is 4.06. The molecule has 0 atom stereocenters. The molecule has 0 fully saturated rings. The minimum atomic E-state index is 0.618. The van der Waals surface area contributed by atoms with Gasteiger partial charge in [-0.3, -0.25) is 0 Å². The van der Waals surface area contributed by atoms with Crippen molar-refractivity contribution in [1.82, 2.24) is 0 Å². The molecule has 0 spiro atoms. The Bertz CT molecular complexity index is 579. The first-order valence-electron chi connectivity index (χ1n) is 5.50. The van der Waals surface area contributed by atoms with Gasteiger partial charge in [-0.2, -0.15) is 0 Å². The summed E-state index contributed by atoms with van der Waals surface area (Å²) in [5, 5.41) is 4.00. The van der Waals surface area contributed by atoms with Gasteiger partial charge in [-0.15, -0.1) is 0 Å². The van der Waals surface area contributed by atoms with Crippen molar-refractivity contribution in [2.75, 3.05) is 0 Å². The van der Waals surface area contributed by atoms with Gasteiger partial charge >= 0.3 is 0 Å². The maximum absolute atomic E-state index is 8.86. The van der Waals surface area contributed by atoms with Gasteiger partial charge in [-0.05, 0) is 61.4 Å². The third kappa shape index (κ3) is 2.92. The van der Waals surface area contributed by atoms with Crippen LogP contribution in [0.2, 0.25) is 5.02 Å². The largest absolute Gasteiger partial charge is 0.706 e. The predicted octanol–water partition coefficient (Wildman–Crippen LogP) is 5.76. The molecular formula is C14H12ClN2S-. The Balaban J connectivity index is 2.32. The van der Waals surface area contributed by atoms with E-state index in [1.165, 1.54) is 0 Å². The van der Waals surface area contributed by atoms with Crippen molar-refractivity contribution in [3.05, 3.63) is 58.1 Å². The summed E-state index contributed by atoms with van der Waals surface area (Å²) < 4.78 is 0. The second-order valence-corrected chi connectivity index (χ2v) is 5.61. The Morgan fingerprint density at radius 1 is 1.06 bits per heavy atom. The molecule has 2 aromatic rings. The van der Waals surface area contributed by atoms with E-state index in [4.69, 9.17) is 17.1 Å². The van der Waals surface area contributed by atoms with Crippen molar-refractivity contribution in [2.24, 2.45) is 5.11 Å². The van der Waals surface area contributed by atoms with Crippen LogP contribution in [0.1, 0.15) is 11.1 Å². The fourth-order valence-corrected chi connectivity index (χ4v) is 2.73. The van der Waals surface area contributed by atoms with Crippen molar-refractivity contribution in [2.45, 2.75) is 23.6 Å². The zero-order valence-electron chi connectivity index (χ0n) is 10.1. The monoisotopic (exact) mass is 275 g/mol. The second kappa shape index (κ2) is 5.55. The van der Waals surface area contributed by atoms with Gasteiger partial charge in [0, 0.05) is 20.5 Å². The molecule has 0 aliphatic heterocycles. The highest BCUT2D eigenvalue weighted by atomic mass is 35.5. The Kier molecular flexibility index (Phi) is 4.04. The Hall–Kier alpha value is -1.32. The van der Waals surface area contributed by atoms with E-state index in [0.29, 0.717) is 5.69 Å². The lowest BCUT2D eigenvalue weighted by molar-refractivity contribution is 1.23. The van der Waals surface area contributed by atoms with Gasteiger partial charge < -0.3 is 10.6 Å². The van der Waals surface area contributed by atoms with E-state index in [-0.39, 0.29) is 0 Å². The average Bonchev–Trinajstić information content (AvgIpc) is 2.36. The molecule has 0 heterocycles. The van der Waals surface area contributed by atoms with Crippen LogP contribution in [0.5, 0.6) is 0 Å². The standard InChI is InChI=1S/C14H12ClN2S/c1-9-8-14(10(2)7-13(9)17-16)18-12-5-3-11(15)4-6-12/h3-8H,1-2H3/q-1. The Labute approximate surface area is 116 Å². The minimum Gasteiger partial charge on any atom is -0.706 e. The van der Waals surface area contributed by atoms with Crippen LogP contribution >= 0.6 is 23.4 Å². The molecule has 0 radical (unpaired) electrons. The first-order valence-corrected chi connectivity index (χ1v) is 6.69. The van der Waals surface area contributed by atoms with Crippen molar-refractivity contribution in [3.8, 4) is 0 Å². The molecule has 0 saturated heterocycles. The summed E-state index contributed by atoms with van der Waals surface area (Å²) in [7, 11) is 0. The SMILES string of the molecule is Cc1cc(Sc2ccc(Cl)cc2)c(C)cc1N=[N-]. The summed E-state index contributed by atoms with van der Waals surface area (Å²) in [6.07, 6.45) is 0. The average molecular weight is 276 g/mol. The lowest BCUT2D eigenvalue weighted by Gasteiger charge is -2.10. The fourth-order valence-electron chi connectivity index (χ4n) is 1.62.